The molecule has 0 unspecified atom stereocenters. The zero-order valence-electron chi connectivity index (χ0n) is 77.1. The number of benzene rings is 9. The second-order valence-corrected chi connectivity index (χ2v) is 38.9. The zero-order chi connectivity index (χ0) is 83.4. The topological polar surface area (TPSA) is 29.5 Å². The summed E-state index contributed by atoms with van der Waals surface area (Å²) in [6, 6.07) is 67.0. The maximum Gasteiger partial charge on any atom is 0.144 e. The molecule has 3 nitrogen and oxygen atoms in total. The van der Waals surface area contributed by atoms with Gasteiger partial charge in [-0.2, -0.15) is 0 Å². The molecule has 0 bridgehead atoms. The van der Waals surface area contributed by atoms with E-state index in [1.54, 1.807) is 44.5 Å². The Morgan fingerprint density at radius 1 is 0.215 bits per heavy atom. The van der Waals surface area contributed by atoms with Gasteiger partial charge in [-0.25, -0.2) is 0 Å². The fraction of sp³-hybridized carbons (Fsp3) is 0.542. The Hall–Kier alpha value is -7.62. The normalized spacial score (nSPS) is 14.6. The maximum atomic E-state index is 7.69. The van der Waals surface area contributed by atoms with Crippen LogP contribution in [0, 0.1) is 0 Å². The lowest BCUT2D eigenvalue weighted by atomic mass is 9.62. The molecule has 0 aliphatic heterocycles. The van der Waals surface area contributed by atoms with E-state index < -0.39 is 0 Å². The molecule has 0 radical (unpaired) electrons. The summed E-state index contributed by atoms with van der Waals surface area (Å²) in [6.07, 6.45) is 66.0. The van der Waals surface area contributed by atoms with Gasteiger partial charge >= 0.3 is 0 Å². The molecule has 15 rings (SSSR count). The van der Waals surface area contributed by atoms with Crippen LogP contribution in [0.1, 0.15) is 434 Å². The number of fused-ring (bicyclic) bond motifs is 22. The molecule has 644 valence electrons. The molecule has 0 saturated heterocycles. The third kappa shape index (κ3) is 17.9. The largest absolute Gasteiger partial charge is 0.456 e. The number of anilines is 3. The molecule has 0 spiro atoms. The van der Waals surface area contributed by atoms with Crippen LogP contribution in [0.2, 0.25) is 0 Å². The van der Waals surface area contributed by atoms with Gasteiger partial charge in [0, 0.05) is 65.8 Å². The minimum absolute atomic E-state index is 0.103. The number of rotatable bonds is 55. The van der Waals surface area contributed by atoms with Crippen LogP contribution in [0.25, 0.3) is 88.4 Å². The molecule has 0 fully saturated rings. The lowest BCUT2D eigenvalue weighted by Gasteiger charge is -2.40. The van der Waals surface area contributed by atoms with Crippen molar-refractivity contribution in [2.75, 3.05) is 4.90 Å². The van der Waals surface area contributed by atoms with E-state index in [0.29, 0.717) is 0 Å². The first-order chi connectivity index (χ1) is 59.7. The van der Waals surface area contributed by atoms with Gasteiger partial charge in [-0.1, -0.05) is 435 Å². The van der Waals surface area contributed by atoms with Gasteiger partial charge in [0.15, 0.2) is 0 Å². The summed E-state index contributed by atoms with van der Waals surface area (Å²) >= 11 is 0. The van der Waals surface area contributed by atoms with Crippen LogP contribution in [-0.2, 0) is 21.7 Å². The van der Waals surface area contributed by atoms with Crippen LogP contribution >= 0.6 is 0 Å². The van der Waals surface area contributed by atoms with E-state index in [1.807, 2.05) is 0 Å². The molecule has 0 N–H and O–H groups in total. The van der Waals surface area contributed by atoms with Crippen molar-refractivity contribution in [1.29, 1.82) is 0 Å². The van der Waals surface area contributed by atoms with Gasteiger partial charge in [-0.3, -0.25) is 0 Å². The summed E-state index contributed by atoms with van der Waals surface area (Å²) in [5.41, 5.74) is 32.2. The molecular weight excluding hydrogens is 1460 g/mol. The summed E-state index contributed by atoms with van der Waals surface area (Å²) in [5.74, 6) is 0. The number of para-hydroxylation sites is 3. The molecule has 11 aromatic rings. The Kier molecular flexibility index (Phi) is 30.9. The molecule has 4 aliphatic rings. The first kappa shape index (κ1) is 88.2. The molecule has 121 heavy (non-hydrogen) atoms. The predicted molar refractivity (Wildman–Crippen MR) is 526 cm³/mol. The van der Waals surface area contributed by atoms with Crippen LogP contribution in [0.15, 0.2) is 173 Å². The van der Waals surface area contributed by atoms with E-state index in [9.17, 15) is 0 Å². The van der Waals surface area contributed by atoms with Crippen molar-refractivity contribution in [3.8, 4) is 44.5 Å². The van der Waals surface area contributed by atoms with Crippen molar-refractivity contribution in [2.24, 2.45) is 0 Å². The van der Waals surface area contributed by atoms with Crippen LogP contribution in [0.4, 0.5) is 17.1 Å². The van der Waals surface area contributed by atoms with Gasteiger partial charge in [0.1, 0.15) is 22.3 Å². The van der Waals surface area contributed by atoms with E-state index in [0.717, 1.165) is 48.0 Å². The number of unbranched alkanes of at least 4 members (excludes halogenated alkanes) is 36. The van der Waals surface area contributed by atoms with E-state index in [1.165, 1.54) is 391 Å². The summed E-state index contributed by atoms with van der Waals surface area (Å²) in [7, 11) is 0. The fourth-order valence-electron chi connectivity index (χ4n) is 24.6. The van der Waals surface area contributed by atoms with Crippen LogP contribution in [0.5, 0.6) is 0 Å². The maximum absolute atomic E-state index is 7.69. The first-order valence-corrected chi connectivity index (χ1v) is 51.2. The Bertz CT molecular complexity index is 5090. The van der Waals surface area contributed by atoms with E-state index in [-0.39, 0.29) is 21.7 Å². The quantitative estimate of drug-likeness (QED) is 0.0356. The van der Waals surface area contributed by atoms with E-state index in [4.69, 9.17) is 8.83 Å². The summed E-state index contributed by atoms with van der Waals surface area (Å²) in [5, 5.41) is 5.25. The Labute approximate surface area is 733 Å². The molecule has 3 heteroatoms. The second kappa shape index (κ2) is 42.4. The molecule has 9 aromatic carbocycles. The zero-order valence-corrected chi connectivity index (χ0v) is 77.1. The summed E-state index contributed by atoms with van der Waals surface area (Å²) in [4.78, 5) is 2.77. The van der Waals surface area contributed by atoms with E-state index >= 15 is 0 Å². The highest BCUT2D eigenvalue weighted by molar-refractivity contribution is 6.21. The number of hydrogen-bond acceptors (Lipinski definition) is 3. The Morgan fingerprint density at radius 2 is 0.562 bits per heavy atom. The van der Waals surface area contributed by atoms with Crippen molar-refractivity contribution in [3.05, 3.63) is 208 Å². The van der Waals surface area contributed by atoms with Gasteiger partial charge < -0.3 is 13.7 Å². The molecule has 0 amide bonds. The highest BCUT2D eigenvalue weighted by Gasteiger charge is 2.55. The molecular formula is C118H155NO2. The lowest BCUT2D eigenvalue weighted by molar-refractivity contribution is 0.369. The van der Waals surface area contributed by atoms with Crippen LogP contribution in [0.3, 0.4) is 0 Å². The number of nitrogens with zero attached hydrogens (tertiary/aromatic N) is 1. The van der Waals surface area contributed by atoms with Crippen LogP contribution in [-0.4, -0.2) is 0 Å². The standard InChI is InChI=1S/C118H155NO2/c1-9-17-25-33-41-54-76-115(77-55-42-34-26-18-10-2)99-74-75-106-108(94-65-49-52-68-104(94)120-106)107(99)97-87-102-96(86-103(97)115)91-72-70-89(84-100(91)116(102,78-56-43-35-27-19-11-3)79-57-44-36-28-20-12-4)119(88-62-46-45-47-63-88)90-71-73-93-101(85-90)118(82-60-39-31-23-15-7,83-61-40-32-24-16-8)112-109(93)110-95-66-50-53-69-105(95)121-114(110)111-92-64-48-51-67-98(92)117(113(111)112,80-58-37-29-21-13-5)81-59-38-30-22-14-6/h45-53,62-75,84-87H,9-44,54-61,76-83H2,1-8H3. The minimum Gasteiger partial charge on any atom is -0.456 e. The molecule has 2 heterocycles. The third-order valence-corrected chi connectivity index (χ3v) is 30.8. The average Bonchev–Trinajstić information content (AvgIpc) is 1.50. The minimum atomic E-state index is -0.245. The average molecular weight is 1620 g/mol. The molecule has 0 saturated carbocycles. The van der Waals surface area contributed by atoms with Gasteiger partial charge in [0.25, 0.3) is 0 Å². The highest BCUT2D eigenvalue weighted by atomic mass is 16.3. The third-order valence-electron chi connectivity index (χ3n) is 30.8. The summed E-state index contributed by atoms with van der Waals surface area (Å²) < 4.78 is 14.7. The van der Waals surface area contributed by atoms with E-state index in [2.05, 4.69) is 224 Å². The predicted octanol–water partition coefficient (Wildman–Crippen LogP) is 38.5. The second-order valence-electron chi connectivity index (χ2n) is 38.9. The SMILES string of the molecule is CCCCCCCCC1(CCCCCCCC)c2cc(N(c3ccccc3)c3ccc4c(c3)C(CCCCCCC)(CCCCCCC)c3c5c(c6oc7ccccc7c6c3-4)-c3ccccc3C5(CCCCCCC)CCCCCCC)ccc2-c2cc3c(cc21)-c1c(ccc2oc4ccccc4c12)C3(CCCCCCCC)CCCCCCCC. The Balaban J connectivity index is 0.971. The smallest absolute Gasteiger partial charge is 0.144 e. The van der Waals surface area contributed by atoms with Crippen molar-refractivity contribution >= 4 is 60.9 Å². The van der Waals surface area contributed by atoms with Gasteiger partial charge in [0.2, 0.25) is 0 Å². The van der Waals surface area contributed by atoms with Crippen molar-refractivity contribution < 1.29 is 8.83 Å². The Morgan fingerprint density at radius 3 is 1.05 bits per heavy atom. The highest BCUT2D eigenvalue weighted by Crippen LogP contribution is 2.69. The van der Waals surface area contributed by atoms with Gasteiger partial charge in [-0.15, -0.1) is 0 Å². The van der Waals surface area contributed by atoms with Crippen molar-refractivity contribution in [2.45, 2.75) is 411 Å². The van der Waals surface area contributed by atoms with Gasteiger partial charge in [0.05, 0.1) is 0 Å². The monoisotopic (exact) mass is 1620 g/mol. The number of hydrogen-bond donors (Lipinski definition) is 0. The summed E-state index contributed by atoms with van der Waals surface area (Å²) in [6.45, 7) is 19.1. The lowest BCUT2D eigenvalue weighted by Crippen LogP contribution is -2.33. The molecule has 4 aliphatic carbocycles. The first-order valence-electron chi connectivity index (χ1n) is 51.2. The van der Waals surface area contributed by atoms with Crippen molar-refractivity contribution in [1.82, 2.24) is 0 Å². The number of furan rings is 2. The van der Waals surface area contributed by atoms with Crippen molar-refractivity contribution in [3.63, 3.8) is 0 Å². The molecule has 2 aromatic heterocycles. The fourth-order valence-corrected chi connectivity index (χ4v) is 24.6. The van der Waals surface area contributed by atoms with Gasteiger partial charge in [-0.05, 0) is 202 Å². The van der Waals surface area contributed by atoms with Crippen LogP contribution < -0.4 is 4.90 Å². The molecule has 0 atom stereocenters.